The molecule has 0 radical (unpaired) electrons. The van der Waals surface area contributed by atoms with Crippen molar-refractivity contribution in [3.63, 3.8) is 0 Å². The van der Waals surface area contributed by atoms with Gasteiger partial charge in [0.1, 0.15) is 0 Å². The molecule has 29 heavy (non-hydrogen) atoms. The molecule has 2 aliphatic carbocycles. The van der Waals surface area contributed by atoms with Gasteiger partial charge in [-0.25, -0.2) is 0 Å². The van der Waals surface area contributed by atoms with Crippen molar-refractivity contribution in [3.8, 4) is 0 Å². The maximum absolute atomic E-state index is 5.19. The number of ether oxygens (including phenoxy) is 3. The van der Waals surface area contributed by atoms with Crippen LogP contribution in [0.3, 0.4) is 0 Å². The van der Waals surface area contributed by atoms with Gasteiger partial charge in [0.15, 0.2) is 0 Å². The Morgan fingerprint density at radius 1 is 0.793 bits per heavy atom. The summed E-state index contributed by atoms with van der Waals surface area (Å²) in [6, 6.07) is 0. The normalized spacial score (nSPS) is 23.6. The summed E-state index contributed by atoms with van der Waals surface area (Å²) in [6.07, 6.45) is 14.4. The fraction of sp³-hybridized carbons (Fsp3) is 1.00. The van der Waals surface area contributed by atoms with Crippen molar-refractivity contribution >= 4 is 0 Å². The predicted molar refractivity (Wildman–Crippen MR) is 123 cm³/mol. The molecular formula is C24H50N2O3. The van der Waals surface area contributed by atoms with Crippen LogP contribution in [0.25, 0.3) is 0 Å². The lowest BCUT2D eigenvalue weighted by atomic mass is 9.98. The van der Waals surface area contributed by atoms with Gasteiger partial charge in [0.05, 0.1) is 19.3 Å². The first-order chi connectivity index (χ1) is 14.2. The zero-order valence-corrected chi connectivity index (χ0v) is 20.0. The first-order valence-electron chi connectivity index (χ1n) is 12.2. The van der Waals surface area contributed by atoms with Gasteiger partial charge >= 0.3 is 0 Å². The summed E-state index contributed by atoms with van der Waals surface area (Å²) < 4.78 is 15.2. The second-order valence-corrected chi connectivity index (χ2v) is 8.81. The average molecular weight is 415 g/mol. The minimum absolute atomic E-state index is 0.587. The number of rotatable bonds is 4. The van der Waals surface area contributed by atoms with Gasteiger partial charge in [-0.1, -0.05) is 32.6 Å². The van der Waals surface area contributed by atoms with Crippen molar-refractivity contribution < 1.29 is 14.2 Å². The van der Waals surface area contributed by atoms with Crippen LogP contribution in [-0.4, -0.2) is 89.7 Å². The molecule has 4 rings (SSSR count). The van der Waals surface area contributed by atoms with E-state index in [9.17, 15) is 0 Å². The van der Waals surface area contributed by atoms with E-state index in [2.05, 4.69) is 23.8 Å². The minimum atomic E-state index is 0.587. The summed E-state index contributed by atoms with van der Waals surface area (Å²) in [7, 11) is 5.69. The highest BCUT2D eigenvalue weighted by atomic mass is 16.5. The fourth-order valence-electron chi connectivity index (χ4n) is 3.75. The summed E-state index contributed by atoms with van der Waals surface area (Å²) in [5.74, 6) is 0.926. The van der Waals surface area contributed by atoms with E-state index in [-0.39, 0.29) is 0 Å². The second-order valence-electron chi connectivity index (χ2n) is 8.81. The minimum Gasteiger partial charge on any atom is -0.384 e. The van der Waals surface area contributed by atoms with E-state index < -0.39 is 0 Å². The lowest BCUT2D eigenvalue weighted by Gasteiger charge is -2.24. The Kier molecular flexibility index (Phi) is 17.2. The van der Waals surface area contributed by atoms with Crippen molar-refractivity contribution in [3.05, 3.63) is 0 Å². The Balaban J connectivity index is 0.000000194. The molecule has 0 unspecified atom stereocenters. The monoisotopic (exact) mass is 414 g/mol. The largest absolute Gasteiger partial charge is 0.384 e. The summed E-state index contributed by atoms with van der Waals surface area (Å²) >= 11 is 0. The number of morpholine rings is 1. The lowest BCUT2D eigenvalue weighted by Crippen LogP contribution is -2.32. The van der Waals surface area contributed by atoms with Gasteiger partial charge in [0.25, 0.3) is 0 Å². The highest BCUT2D eigenvalue weighted by molar-refractivity contribution is 4.71. The van der Waals surface area contributed by atoms with Crippen LogP contribution >= 0.6 is 0 Å². The highest BCUT2D eigenvalue weighted by Crippen LogP contribution is 2.28. The number of likely N-dealkylation sites (tertiary alicyclic amines) is 1. The van der Waals surface area contributed by atoms with Crippen LogP contribution < -0.4 is 0 Å². The third-order valence-electron chi connectivity index (χ3n) is 6.12. The standard InChI is InChI=1S/C7H15N.C7H14O.C5H11NO.C5H10O/c1-2-8-6-4-3-5-7-8;1-8-7-5-3-2-4-6-7;1-6-2-4-7-5-3-6;1-6-4-5-2-3-5/h2-7H2,1H3;7H,2-6H2,1H3;2-5H2,1H3;5H,2-4H2,1H3. The van der Waals surface area contributed by atoms with Crippen LogP contribution in [0.2, 0.25) is 0 Å². The molecule has 4 fully saturated rings. The molecular weight excluding hydrogens is 364 g/mol. The first-order valence-corrected chi connectivity index (χ1v) is 12.2. The van der Waals surface area contributed by atoms with Gasteiger partial charge < -0.3 is 24.0 Å². The summed E-state index contributed by atoms with van der Waals surface area (Å²) in [4.78, 5) is 4.78. The number of nitrogens with zero attached hydrogens (tertiary/aromatic N) is 2. The van der Waals surface area contributed by atoms with Gasteiger partial charge in [-0.2, -0.15) is 0 Å². The molecule has 5 heteroatoms. The summed E-state index contributed by atoms with van der Waals surface area (Å²) in [6.45, 7) is 11.2. The van der Waals surface area contributed by atoms with E-state index >= 15 is 0 Å². The lowest BCUT2D eigenvalue weighted by molar-refractivity contribution is 0.0503. The Labute approximate surface area is 181 Å². The van der Waals surface area contributed by atoms with Crippen LogP contribution in [0.4, 0.5) is 0 Å². The third-order valence-corrected chi connectivity index (χ3v) is 6.12. The smallest absolute Gasteiger partial charge is 0.0594 e. The molecule has 0 N–H and O–H groups in total. The molecule has 0 aromatic rings. The third kappa shape index (κ3) is 16.2. The van der Waals surface area contributed by atoms with Gasteiger partial charge in [-0.3, -0.25) is 0 Å². The Bertz CT molecular complexity index is 317. The highest BCUT2D eigenvalue weighted by Gasteiger charge is 2.20. The van der Waals surface area contributed by atoms with Gasteiger partial charge in [0, 0.05) is 33.9 Å². The molecule has 0 aromatic carbocycles. The summed E-state index contributed by atoms with van der Waals surface area (Å²) in [5.41, 5.74) is 0. The van der Waals surface area contributed by atoms with Crippen LogP contribution in [0, 0.1) is 5.92 Å². The molecule has 0 bridgehead atoms. The van der Waals surface area contributed by atoms with Crippen LogP contribution in [-0.2, 0) is 14.2 Å². The predicted octanol–water partition coefficient (Wildman–Crippen LogP) is 4.45. The van der Waals surface area contributed by atoms with Gasteiger partial charge in [-0.05, 0) is 71.1 Å². The maximum atomic E-state index is 5.19. The van der Waals surface area contributed by atoms with Crippen molar-refractivity contribution in [1.29, 1.82) is 0 Å². The van der Waals surface area contributed by atoms with Gasteiger partial charge in [0.2, 0.25) is 0 Å². The zero-order chi connectivity index (χ0) is 21.2. The molecule has 0 aromatic heterocycles. The molecule has 174 valence electrons. The Morgan fingerprint density at radius 3 is 1.69 bits per heavy atom. The molecule has 0 atom stereocenters. The van der Waals surface area contributed by atoms with Gasteiger partial charge in [-0.15, -0.1) is 0 Å². The SMILES string of the molecule is CCN1CCCCC1.CN1CCOCC1.COC1CCCCC1.COCC1CC1. The van der Waals surface area contributed by atoms with Crippen LogP contribution in [0.5, 0.6) is 0 Å². The second kappa shape index (κ2) is 18.6. The van der Waals surface area contributed by atoms with E-state index in [1.807, 2.05) is 7.11 Å². The first kappa shape index (κ1) is 26.8. The van der Waals surface area contributed by atoms with E-state index in [4.69, 9.17) is 14.2 Å². The quantitative estimate of drug-likeness (QED) is 0.679. The Morgan fingerprint density at radius 2 is 1.38 bits per heavy atom. The van der Waals surface area contributed by atoms with Crippen LogP contribution in [0.15, 0.2) is 0 Å². The topological polar surface area (TPSA) is 34.2 Å². The average Bonchev–Trinajstić information content (AvgIpc) is 3.61. The Hall–Kier alpha value is -0.200. The number of methoxy groups -OCH3 is 2. The molecule has 2 saturated heterocycles. The summed E-state index contributed by atoms with van der Waals surface area (Å²) in [5, 5.41) is 0. The number of hydrogen-bond acceptors (Lipinski definition) is 5. The molecule has 0 amide bonds. The van der Waals surface area contributed by atoms with E-state index in [0.29, 0.717) is 6.10 Å². The molecule has 4 aliphatic rings. The van der Waals surface area contributed by atoms with E-state index in [1.165, 1.54) is 83.8 Å². The van der Waals surface area contributed by atoms with Crippen molar-refractivity contribution in [2.24, 2.45) is 5.92 Å². The van der Waals surface area contributed by atoms with Crippen molar-refractivity contribution in [1.82, 2.24) is 9.80 Å². The fourth-order valence-corrected chi connectivity index (χ4v) is 3.75. The number of hydrogen-bond donors (Lipinski definition) is 0. The molecule has 2 heterocycles. The van der Waals surface area contributed by atoms with Crippen molar-refractivity contribution in [2.75, 3.05) is 73.8 Å². The molecule has 2 aliphatic heterocycles. The molecule has 5 nitrogen and oxygen atoms in total. The molecule has 2 saturated carbocycles. The number of likely N-dealkylation sites (N-methyl/N-ethyl adjacent to an activating group) is 1. The van der Waals surface area contributed by atoms with Crippen LogP contribution in [0.1, 0.15) is 71.1 Å². The number of piperidine rings is 1. The van der Waals surface area contributed by atoms with E-state index in [1.54, 1.807) is 7.11 Å². The van der Waals surface area contributed by atoms with E-state index in [0.717, 1.165) is 38.8 Å². The maximum Gasteiger partial charge on any atom is 0.0594 e. The molecule has 0 spiro atoms. The zero-order valence-electron chi connectivity index (χ0n) is 20.0. The van der Waals surface area contributed by atoms with Crippen molar-refractivity contribution in [2.45, 2.75) is 77.2 Å².